The number of nitrogens with one attached hydrogen (secondary N) is 1. The van der Waals surface area contributed by atoms with Crippen LogP contribution in [0.2, 0.25) is 5.15 Å². The van der Waals surface area contributed by atoms with Crippen molar-refractivity contribution in [2.45, 2.75) is 42.7 Å². The summed E-state index contributed by atoms with van der Waals surface area (Å²) < 4.78 is 26.7. The third-order valence-electron chi connectivity index (χ3n) is 2.98. The molecule has 0 amide bonds. The van der Waals surface area contributed by atoms with E-state index in [2.05, 4.69) is 9.71 Å². The van der Waals surface area contributed by atoms with Gasteiger partial charge in [0.15, 0.2) is 0 Å². The number of sulfonamides is 1. The second kappa shape index (κ2) is 5.52. The summed E-state index contributed by atoms with van der Waals surface area (Å²) in [7, 11) is -3.58. The number of nitrogens with zero attached hydrogens (tertiary/aromatic N) is 1. The first kappa shape index (κ1) is 13.7. The fourth-order valence-corrected chi connectivity index (χ4v) is 3.42. The second-order valence-corrected chi connectivity index (χ2v) is 6.56. The van der Waals surface area contributed by atoms with Crippen molar-refractivity contribution >= 4 is 21.6 Å². The SMILES string of the molecule is O=S(=O)(NC1CCCC(O)C1)c1ccc(Cl)nc1. The maximum Gasteiger partial charge on any atom is 0.242 e. The first-order valence-corrected chi connectivity index (χ1v) is 7.65. The number of aromatic nitrogens is 1. The fourth-order valence-electron chi connectivity index (χ4n) is 2.08. The largest absolute Gasteiger partial charge is 0.393 e. The molecule has 1 heterocycles. The van der Waals surface area contributed by atoms with Crippen LogP contribution in [0.4, 0.5) is 0 Å². The minimum absolute atomic E-state index is 0.0898. The lowest BCUT2D eigenvalue weighted by atomic mass is 9.94. The molecule has 0 spiro atoms. The van der Waals surface area contributed by atoms with E-state index < -0.39 is 16.1 Å². The van der Waals surface area contributed by atoms with Crippen LogP contribution in [0, 0.1) is 0 Å². The van der Waals surface area contributed by atoms with Gasteiger partial charge in [-0.05, 0) is 37.8 Å². The van der Waals surface area contributed by atoms with E-state index in [1.165, 1.54) is 18.3 Å². The number of pyridine rings is 1. The smallest absolute Gasteiger partial charge is 0.242 e. The first-order chi connectivity index (χ1) is 8.47. The van der Waals surface area contributed by atoms with Crippen LogP contribution in [-0.4, -0.2) is 30.7 Å². The Labute approximate surface area is 111 Å². The molecule has 1 aromatic heterocycles. The Morgan fingerprint density at radius 2 is 2.17 bits per heavy atom. The Hall–Kier alpha value is -0.690. The highest BCUT2D eigenvalue weighted by molar-refractivity contribution is 7.89. The standard InChI is InChI=1S/C11H15ClN2O3S/c12-11-5-4-10(7-13-11)18(16,17)14-8-2-1-3-9(15)6-8/h4-5,7-9,14-15H,1-3,6H2. The number of aliphatic hydroxyl groups excluding tert-OH is 1. The predicted molar refractivity (Wildman–Crippen MR) is 67.8 cm³/mol. The van der Waals surface area contributed by atoms with E-state index in [-0.39, 0.29) is 16.1 Å². The van der Waals surface area contributed by atoms with Crippen LogP contribution in [0.5, 0.6) is 0 Å². The highest BCUT2D eigenvalue weighted by Crippen LogP contribution is 2.20. The van der Waals surface area contributed by atoms with Crippen molar-refractivity contribution in [2.24, 2.45) is 0 Å². The number of rotatable bonds is 3. The van der Waals surface area contributed by atoms with Crippen molar-refractivity contribution < 1.29 is 13.5 Å². The van der Waals surface area contributed by atoms with E-state index in [9.17, 15) is 13.5 Å². The van der Waals surface area contributed by atoms with Gasteiger partial charge in [-0.15, -0.1) is 0 Å². The average molecular weight is 291 g/mol. The third kappa shape index (κ3) is 3.41. The summed E-state index contributed by atoms with van der Waals surface area (Å²) in [6, 6.07) is 2.64. The van der Waals surface area contributed by atoms with Crippen molar-refractivity contribution in [1.29, 1.82) is 0 Å². The number of aliphatic hydroxyl groups is 1. The van der Waals surface area contributed by atoms with Crippen molar-refractivity contribution in [3.05, 3.63) is 23.5 Å². The lowest BCUT2D eigenvalue weighted by molar-refractivity contribution is 0.117. The lowest BCUT2D eigenvalue weighted by Gasteiger charge is -2.26. The van der Waals surface area contributed by atoms with Gasteiger partial charge in [-0.25, -0.2) is 18.1 Å². The van der Waals surface area contributed by atoms with E-state index in [1.54, 1.807) is 0 Å². The lowest BCUT2D eigenvalue weighted by Crippen LogP contribution is -2.39. The molecule has 0 radical (unpaired) electrons. The topological polar surface area (TPSA) is 79.3 Å². The second-order valence-electron chi connectivity index (χ2n) is 4.46. The molecule has 0 aliphatic heterocycles. The van der Waals surface area contributed by atoms with Crippen LogP contribution < -0.4 is 4.72 Å². The summed E-state index contributed by atoms with van der Waals surface area (Å²) in [5, 5.41) is 9.77. The average Bonchev–Trinajstić information content (AvgIpc) is 2.29. The first-order valence-electron chi connectivity index (χ1n) is 5.79. The maximum atomic E-state index is 12.0. The van der Waals surface area contributed by atoms with Crippen molar-refractivity contribution in [2.75, 3.05) is 0 Å². The van der Waals surface area contributed by atoms with Crippen molar-refractivity contribution in [3.63, 3.8) is 0 Å². The van der Waals surface area contributed by atoms with Crippen LogP contribution in [0.3, 0.4) is 0 Å². The third-order valence-corrected chi connectivity index (χ3v) is 4.71. The van der Waals surface area contributed by atoms with Gasteiger partial charge in [0.2, 0.25) is 10.0 Å². The van der Waals surface area contributed by atoms with Gasteiger partial charge in [0.05, 0.1) is 6.10 Å². The molecular formula is C11H15ClN2O3S. The van der Waals surface area contributed by atoms with Gasteiger partial charge in [0.25, 0.3) is 0 Å². The van der Waals surface area contributed by atoms with Crippen LogP contribution in [0.15, 0.2) is 23.2 Å². The predicted octanol–water partition coefficient (Wildman–Crippen LogP) is 1.32. The molecule has 2 atom stereocenters. The molecule has 2 N–H and O–H groups in total. The van der Waals surface area contributed by atoms with Crippen molar-refractivity contribution in [3.8, 4) is 0 Å². The van der Waals surface area contributed by atoms with Gasteiger partial charge in [0.1, 0.15) is 10.0 Å². The van der Waals surface area contributed by atoms with Crippen LogP contribution in [0.1, 0.15) is 25.7 Å². The highest BCUT2D eigenvalue weighted by Gasteiger charge is 2.25. The molecule has 5 nitrogen and oxygen atoms in total. The maximum absolute atomic E-state index is 12.0. The fraction of sp³-hybridized carbons (Fsp3) is 0.545. The number of hydrogen-bond acceptors (Lipinski definition) is 4. The van der Waals surface area contributed by atoms with Gasteiger partial charge in [0, 0.05) is 12.2 Å². The Balaban J connectivity index is 2.09. The van der Waals surface area contributed by atoms with Crippen molar-refractivity contribution in [1.82, 2.24) is 9.71 Å². The Morgan fingerprint density at radius 3 is 2.78 bits per heavy atom. The molecule has 18 heavy (non-hydrogen) atoms. The Bertz CT molecular complexity index is 504. The van der Waals surface area contributed by atoms with Gasteiger partial charge < -0.3 is 5.11 Å². The van der Waals surface area contributed by atoms with Crippen LogP contribution in [-0.2, 0) is 10.0 Å². The summed E-state index contributed by atoms with van der Waals surface area (Å²) in [5.41, 5.74) is 0. The van der Waals surface area contributed by atoms with E-state index in [0.29, 0.717) is 6.42 Å². The number of halogens is 1. The normalized spacial score (nSPS) is 25.0. The molecule has 0 bridgehead atoms. The molecule has 7 heteroatoms. The Morgan fingerprint density at radius 1 is 1.39 bits per heavy atom. The van der Waals surface area contributed by atoms with Gasteiger partial charge in [-0.2, -0.15) is 0 Å². The molecule has 1 aromatic rings. The van der Waals surface area contributed by atoms with Gasteiger partial charge in [-0.1, -0.05) is 11.6 Å². The highest BCUT2D eigenvalue weighted by atomic mass is 35.5. The zero-order chi connectivity index (χ0) is 13.2. The van der Waals surface area contributed by atoms with E-state index >= 15 is 0 Å². The minimum atomic E-state index is -3.58. The quantitative estimate of drug-likeness (QED) is 0.823. The monoisotopic (exact) mass is 290 g/mol. The molecule has 2 rings (SSSR count). The van der Waals surface area contributed by atoms with Crippen LogP contribution >= 0.6 is 11.6 Å². The molecule has 1 aliphatic rings. The zero-order valence-corrected chi connectivity index (χ0v) is 11.3. The molecule has 100 valence electrons. The summed E-state index contributed by atoms with van der Waals surface area (Å²) in [4.78, 5) is 3.84. The summed E-state index contributed by atoms with van der Waals surface area (Å²) in [5.74, 6) is 0. The molecule has 1 fully saturated rings. The Kier molecular flexibility index (Phi) is 4.21. The number of hydrogen-bond donors (Lipinski definition) is 2. The molecule has 1 aliphatic carbocycles. The van der Waals surface area contributed by atoms with Gasteiger partial charge >= 0.3 is 0 Å². The van der Waals surface area contributed by atoms with E-state index in [0.717, 1.165) is 19.3 Å². The molecule has 1 saturated carbocycles. The minimum Gasteiger partial charge on any atom is -0.393 e. The van der Waals surface area contributed by atoms with E-state index in [1.807, 2.05) is 0 Å². The summed E-state index contributed by atoms with van der Waals surface area (Å²) >= 11 is 5.61. The molecule has 0 aromatic carbocycles. The molecule has 0 saturated heterocycles. The van der Waals surface area contributed by atoms with Gasteiger partial charge in [-0.3, -0.25) is 0 Å². The molecular weight excluding hydrogens is 276 g/mol. The zero-order valence-electron chi connectivity index (χ0n) is 9.71. The van der Waals surface area contributed by atoms with Crippen LogP contribution in [0.25, 0.3) is 0 Å². The molecule has 2 unspecified atom stereocenters. The summed E-state index contributed by atoms with van der Waals surface area (Å²) in [6.07, 6.45) is 3.57. The summed E-state index contributed by atoms with van der Waals surface area (Å²) in [6.45, 7) is 0. The van der Waals surface area contributed by atoms with E-state index in [4.69, 9.17) is 11.6 Å².